The van der Waals surface area contributed by atoms with Gasteiger partial charge >= 0.3 is 6.18 Å². The van der Waals surface area contributed by atoms with Crippen molar-refractivity contribution in [1.29, 1.82) is 0 Å². The molecule has 1 fully saturated rings. The Morgan fingerprint density at radius 3 is 2.58 bits per heavy atom. The van der Waals surface area contributed by atoms with E-state index >= 15 is 0 Å². The van der Waals surface area contributed by atoms with Gasteiger partial charge in [0.05, 0.1) is 36.5 Å². The number of halogens is 4. The average Bonchev–Trinajstić information content (AvgIpc) is 3.44. The van der Waals surface area contributed by atoms with Gasteiger partial charge in [-0.1, -0.05) is 0 Å². The molecule has 2 aliphatic rings. The van der Waals surface area contributed by atoms with E-state index in [2.05, 4.69) is 15.2 Å². The van der Waals surface area contributed by atoms with E-state index in [9.17, 15) is 22.4 Å². The zero-order valence-corrected chi connectivity index (χ0v) is 17.3. The third kappa shape index (κ3) is 4.20. The molecule has 33 heavy (non-hydrogen) atoms. The molecule has 0 saturated heterocycles. The number of benzene rings is 1. The quantitative estimate of drug-likeness (QED) is 0.580. The standard InChI is InChI=1S/C22H19F4N5O2/c23-17-6-18-13(15-9-33-10-16(15)20(27)28-18)5-14(17)21(32)31(7-11-1-2-11)8-12-3-4-19(30-29-12)22(24,25)26/h3-6,11H,1-2,7-10H2,(H2,27,28). The Kier molecular flexibility index (Phi) is 5.15. The van der Waals surface area contributed by atoms with Gasteiger partial charge < -0.3 is 15.4 Å². The van der Waals surface area contributed by atoms with Crippen molar-refractivity contribution in [2.24, 2.45) is 5.92 Å². The number of nitrogens with two attached hydrogens (primary N) is 1. The lowest BCUT2D eigenvalue weighted by Gasteiger charge is -2.23. The normalized spacial score (nSPS) is 15.6. The Hall–Kier alpha value is -3.34. The summed E-state index contributed by atoms with van der Waals surface area (Å²) in [5, 5.41) is 7.42. The maximum Gasteiger partial charge on any atom is 0.435 e. The van der Waals surface area contributed by atoms with Crippen LogP contribution in [-0.2, 0) is 30.7 Å². The van der Waals surface area contributed by atoms with Crippen LogP contribution in [0.15, 0.2) is 24.3 Å². The molecule has 1 amide bonds. The van der Waals surface area contributed by atoms with Crippen molar-refractivity contribution >= 4 is 22.6 Å². The summed E-state index contributed by atoms with van der Waals surface area (Å²) in [6.45, 7) is 0.843. The molecule has 172 valence electrons. The number of fused-ring (bicyclic) bond motifs is 3. The third-order valence-corrected chi connectivity index (χ3v) is 5.87. The predicted molar refractivity (Wildman–Crippen MR) is 109 cm³/mol. The highest BCUT2D eigenvalue weighted by molar-refractivity contribution is 5.99. The summed E-state index contributed by atoms with van der Waals surface area (Å²) in [5.74, 6) is -0.797. The zero-order valence-electron chi connectivity index (χ0n) is 17.3. The van der Waals surface area contributed by atoms with Crippen molar-refractivity contribution in [3.05, 3.63) is 58.2 Å². The number of carbonyl (C=O) groups is 1. The lowest BCUT2D eigenvalue weighted by atomic mass is 10.0. The van der Waals surface area contributed by atoms with E-state index in [1.54, 1.807) is 0 Å². The van der Waals surface area contributed by atoms with Crippen LogP contribution >= 0.6 is 0 Å². The molecule has 0 atom stereocenters. The van der Waals surface area contributed by atoms with E-state index in [1.807, 2.05) is 0 Å². The fourth-order valence-corrected chi connectivity index (χ4v) is 3.95. The second-order valence-electron chi connectivity index (χ2n) is 8.33. The molecular formula is C22H19F4N5O2. The van der Waals surface area contributed by atoms with Crippen LogP contribution in [0.2, 0.25) is 0 Å². The van der Waals surface area contributed by atoms with Gasteiger partial charge in [0.15, 0.2) is 5.69 Å². The van der Waals surface area contributed by atoms with Gasteiger partial charge in [0, 0.05) is 23.6 Å². The van der Waals surface area contributed by atoms with E-state index in [0.717, 1.165) is 30.0 Å². The van der Waals surface area contributed by atoms with E-state index in [1.165, 1.54) is 23.1 Å². The number of aromatic nitrogens is 3. The number of alkyl halides is 3. The monoisotopic (exact) mass is 461 g/mol. The Balaban J connectivity index is 1.48. The minimum Gasteiger partial charge on any atom is -0.383 e. The predicted octanol–water partition coefficient (Wildman–Crippen LogP) is 3.85. The number of anilines is 1. The summed E-state index contributed by atoms with van der Waals surface area (Å²) < 4.78 is 58.7. The number of nitrogen functional groups attached to an aromatic ring is 1. The van der Waals surface area contributed by atoms with Crippen LogP contribution in [0.25, 0.3) is 10.9 Å². The number of amides is 1. The number of nitrogens with zero attached hydrogens (tertiary/aromatic N) is 4. The number of pyridine rings is 1. The van der Waals surface area contributed by atoms with E-state index in [-0.39, 0.29) is 36.1 Å². The molecule has 11 heteroatoms. The highest BCUT2D eigenvalue weighted by atomic mass is 19.4. The summed E-state index contributed by atoms with van der Waals surface area (Å²) in [6, 6.07) is 4.62. The van der Waals surface area contributed by atoms with Gasteiger partial charge in [0.1, 0.15) is 11.6 Å². The van der Waals surface area contributed by atoms with Crippen molar-refractivity contribution < 1.29 is 27.1 Å². The summed E-state index contributed by atoms with van der Waals surface area (Å²) >= 11 is 0. The smallest absolute Gasteiger partial charge is 0.383 e. The average molecular weight is 461 g/mol. The molecule has 2 aromatic heterocycles. The van der Waals surface area contributed by atoms with Gasteiger partial charge in [-0.15, -0.1) is 5.10 Å². The molecule has 5 rings (SSSR count). The summed E-state index contributed by atoms with van der Waals surface area (Å²) in [7, 11) is 0. The fraction of sp³-hybridized carbons (Fsp3) is 0.364. The molecule has 3 heterocycles. The number of hydrogen-bond acceptors (Lipinski definition) is 6. The fourth-order valence-electron chi connectivity index (χ4n) is 3.95. The first-order valence-electron chi connectivity index (χ1n) is 10.4. The van der Waals surface area contributed by atoms with Crippen LogP contribution in [0, 0.1) is 11.7 Å². The SMILES string of the molecule is Nc1nc2cc(F)c(C(=O)N(Cc3ccc(C(F)(F)F)nn3)CC3CC3)cc2c2c1COC2. The second kappa shape index (κ2) is 7.91. The van der Waals surface area contributed by atoms with Crippen LogP contribution in [0.1, 0.15) is 45.7 Å². The van der Waals surface area contributed by atoms with Crippen LogP contribution in [0.5, 0.6) is 0 Å². The first-order valence-corrected chi connectivity index (χ1v) is 10.4. The zero-order chi connectivity index (χ0) is 23.3. The van der Waals surface area contributed by atoms with Gasteiger partial charge in [-0.3, -0.25) is 4.79 Å². The molecule has 1 aliphatic carbocycles. The minimum absolute atomic E-state index is 0.0842. The van der Waals surface area contributed by atoms with Crippen molar-refractivity contribution in [1.82, 2.24) is 20.1 Å². The summed E-state index contributed by atoms with van der Waals surface area (Å²) in [5.41, 5.74) is 6.69. The molecule has 1 aliphatic heterocycles. The molecule has 2 N–H and O–H groups in total. The molecule has 3 aromatic rings. The highest BCUT2D eigenvalue weighted by Gasteiger charge is 2.34. The molecule has 0 spiro atoms. The molecule has 0 unspecified atom stereocenters. The van der Waals surface area contributed by atoms with Gasteiger partial charge in [-0.25, -0.2) is 9.37 Å². The lowest BCUT2D eigenvalue weighted by molar-refractivity contribution is -0.141. The molecule has 7 nitrogen and oxygen atoms in total. The summed E-state index contributed by atoms with van der Waals surface area (Å²) in [6.07, 6.45) is -2.75. The molecule has 1 saturated carbocycles. The molecule has 1 aromatic carbocycles. The summed E-state index contributed by atoms with van der Waals surface area (Å²) in [4.78, 5) is 19.0. The highest BCUT2D eigenvalue weighted by Crippen LogP contribution is 2.34. The van der Waals surface area contributed by atoms with Crippen LogP contribution < -0.4 is 5.73 Å². The first-order chi connectivity index (χ1) is 15.7. The molecule has 0 radical (unpaired) electrons. The maximum absolute atomic E-state index is 15.0. The molecular weight excluding hydrogens is 442 g/mol. The number of rotatable bonds is 5. The van der Waals surface area contributed by atoms with Crippen LogP contribution in [0.3, 0.4) is 0 Å². The Labute approximate surface area is 185 Å². The van der Waals surface area contributed by atoms with E-state index < -0.39 is 23.6 Å². The van der Waals surface area contributed by atoms with Gasteiger partial charge in [-0.05, 0) is 42.5 Å². The van der Waals surface area contributed by atoms with Crippen molar-refractivity contribution in [3.8, 4) is 0 Å². The number of hydrogen-bond donors (Lipinski definition) is 1. The van der Waals surface area contributed by atoms with Gasteiger partial charge in [-0.2, -0.15) is 18.3 Å². The number of carbonyl (C=O) groups excluding carboxylic acids is 1. The molecule has 0 bridgehead atoms. The lowest BCUT2D eigenvalue weighted by Crippen LogP contribution is -2.33. The first kappa shape index (κ1) is 21.5. The van der Waals surface area contributed by atoms with Gasteiger partial charge in [0.2, 0.25) is 0 Å². The van der Waals surface area contributed by atoms with E-state index in [4.69, 9.17) is 10.5 Å². The van der Waals surface area contributed by atoms with Crippen LogP contribution in [0.4, 0.5) is 23.4 Å². The third-order valence-electron chi connectivity index (χ3n) is 5.87. The topological polar surface area (TPSA) is 94.2 Å². The Bertz CT molecular complexity index is 1240. The van der Waals surface area contributed by atoms with Crippen molar-refractivity contribution in [2.75, 3.05) is 12.3 Å². The largest absolute Gasteiger partial charge is 0.435 e. The van der Waals surface area contributed by atoms with Gasteiger partial charge in [0.25, 0.3) is 5.91 Å². The maximum atomic E-state index is 15.0. The Morgan fingerprint density at radius 1 is 1.15 bits per heavy atom. The van der Waals surface area contributed by atoms with Crippen molar-refractivity contribution in [3.63, 3.8) is 0 Å². The second-order valence-corrected chi connectivity index (χ2v) is 8.33. The number of ether oxygens (including phenoxy) is 1. The van der Waals surface area contributed by atoms with Crippen molar-refractivity contribution in [2.45, 2.75) is 38.8 Å². The van der Waals surface area contributed by atoms with E-state index in [0.29, 0.717) is 24.1 Å². The van der Waals surface area contributed by atoms with Crippen LogP contribution in [-0.4, -0.2) is 32.5 Å². The Morgan fingerprint density at radius 2 is 1.91 bits per heavy atom. The minimum atomic E-state index is -4.61.